The van der Waals surface area contributed by atoms with Crippen molar-refractivity contribution in [2.24, 2.45) is 17.0 Å². The number of rotatable bonds is 2. The minimum Gasteiger partial charge on any atom is -0.392 e. The van der Waals surface area contributed by atoms with Crippen LogP contribution in [-0.4, -0.2) is 29.3 Å². The maximum Gasteiger partial charge on any atom is 0.329 e. The Balaban J connectivity index is 1.64. The highest BCUT2D eigenvalue weighted by Gasteiger charge is 2.61. The number of amides is 3. The van der Waals surface area contributed by atoms with E-state index in [1.54, 1.807) is 12.1 Å². The van der Waals surface area contributed by atoms with Crippen LogP contribution in [0.2, 0.25) is 0 Å². The van der Waals surface area contributed by atoms with E-state index in [1.807, 2.05) is 18.2 Å². The number of benzene rings is 1. The van der Waals surface area contributed by atoms with Gasteiger partial charge in [0.05, 0.1) is 11.4 Å². The Labute approximate surface area is 134 Å². The molecule has 0 aromatic heterocycles. The van der Waals surface area contributed by atoms with E-state index in [2.05, 4.69) is 24.3 Å². The van der Waals surface area contributed by atoms with Crippen LogP contribution in [0.5, 0.6) is 0 Å². The zero-order valence-electron chi connectivity index (χ0n) is 13.2. The molecule has 0 bridgehead atoms. The zero-order valence-corrected chi connectivity index (χ0v) is 13.2. The first-order chi connectivity index (χ1) is 11.0. The van der Waals surface area contributed by atoms with E-state index < -0.39 is 5.54 Å². The summed E-state index contributed by atoms with van der Waals surface area (Å²) < 4.78 is 0. The second kappa shape index (κ2) is 4.81. The Morgan fingerprint density at radius 1 is 1.26 bits per heavy atom. The summed E-state index contributed by atoms with van der Waals surface area (Å²) in [6, 6.07) is 8.67. The Kier molecular flexibility index (Phi) is 2.98. The minimum atomic E-state index is -0.863. The second-order valence-corrected chi connectivity index (χ2v) is 6.82. The normalized spacial score (nSPS) is 32.3. The number of oxime groups is 1. The zero-order chi connectivity index (χ0) is 16.2. The van der Waals surface area contributed by atoms with E-state index in [0.717, 1.165) is 5.71 Å². The maximum absolute atomic E-state index is 13.0. The SMILES string of the molecule is CC(C)C1=NO[C@H]2C[C@]3(C[C@@H]12)NC(=O)N(c1ccccc1)C3=O. The molecule has 3 aliphatic rings. The lowest BCUT2D eigenvalue weighted by atomic mass is 9.89. The van der Waals surface area contributed by atoms with Crippen LogP contribution in [-0.2, 0) is 9.63 Å². The van der Waals surface area contributed by atoms with Crippen LogP contribution in [0.15, 0.2) is 35.5 Å². The predicted molar refractivity (Wildman–Crippen MR) is 85.1 cm³/mol. The largest absolute Gasteiger partial charge is 0.392 e. The average molecular weight is 313 g/mol. The number of fused-ring (bicyclic) bond motifs is 1. The van der Waals surface area contributed by atoms with Gasteiger partial charge in [0.15, 0.2) is 0 Å². The van der Waals surface area contributed by atoms with Crippen molar-refractivity contribution >= 4 is 23.3 Å². The molecule has 3 atom stereocenters. The number of imide groups is 1. The molecule has 2 heterocycles. The summed E-state index contributed by atoms with van der Waals surface area (Å²) in [5.41, 5.74) is 0.730. The van der Waals surface area contributed by atoms with Crippen molar-refractivity contribution < 1.29 is 14.4 Å². The first-order valence-electron chi connectivity index (χ1n) is 7.97. The summed E-state index contributed by atoms with van der Waals surface area (Å²) in [5, 5.41) is 7.09. The van der Waals surface area contributed by atoms with Gasteiger partial charge in [-0.05, 0) is 24.5 Å². The van der Waals surface area contributed by atoms with Crippen LogP contribution in [0.1, 0.15) is 26.7 Å². The Morgan fingerprint density at radius 3 is 2.70 bits per heavy atom. The molecule has 1 saturated carbocycles. The number of hydrogen-bond acceptors (Lipinski definition) is 4. The second-order valence-electron chi connectivity index (χ2n) is 6.82. The molecule has 23 heavy (non-hydrogen) atoms. The van der Waals surface area contributed by atoms with Gasteiger partial charge in [-0.3, -0.25) is 4.79 Å². The predicted octanol–water partition coefficient (Wildman–Crippen LogP) is 2.30. The highest BCUT2D eigenvalue weighted by atomic mass is 16.6. The number of urea groups is 1. The van der Waals surface area contributed by atoms with Crippen molar-refractivity contribution in [1.29, 1.82) is 0 Å². The number of para-hydroxylation sites is 1. The lowest BCUT2D eigenvalue weighted by Crippen LogP contribution is -2.45. The van der Waals surface area contributed by atoms with E-state index in [-0.39, 0.29) is 29.9 Å². The maximum atomic E-state index is 13.0. The molecular formula is C17H19N3O3. The molecule has 1 aromatic rings. The summed E-state index contributed by atoms with van der Waals surface area (Å²) in [6.45, 7) is 4.14. The number of nitrogens with one attached hydrogen (secondary N) is 1. The Bertz CT molecular complexity index is 700. The van der Waals surface area contributed by atoms with Gasteiger partial charge < -0.3 is 10.2 Å². The van der Waals surface area contributed by atoms with Crippen molar-refractivity contribution in [2.75, 3.05) is 4.90 Å². The monoisotopic (exact) mass is 313 g/mol. The van der Waals surface area contributed by atoms with Gasteiger partial charge in [0.1, 0.15) is 11.6 Å². The third kappa shape index (κ3) is 1.97. The smallest absolute Gasteiger partial charge is 0.329 e. The molecule has 6 heteroatoms. The van der Waals surface area contributed by atoms with Gasteiger partial charge in [-0.25, -0.2) is 9.69 Å². The molecule has 3 amide bonds. The fourth-order valence-corrected chi connectivity index (χ4v) is 3.92. The molecule has 2 fully saturated rings. The van der Waals surface area contributed by atoms with Crippen molar-refractivity contribution in [3.8, 4) is 0 Å². The molecule has 1 saturated heterocycles. The summed E-state index contributed by atoms with van der Waals surface area (Å²) in [7, 11) is 0. The fourth-order valence-electron chi connectivity index (χ4n) is 3.92. The van der Waals surface area contributed by atoms with Gasteiger partial charge in [0, 0.05) is 12.3 Å². The van der Waals surface area contributed by atoms with Gasteiger partial charge >= 0.3 is 6.03 Å². The number of anilines is 1. The van der Waals surface area contributed by atoms with Gasteiger partial charge in [-0.1, -0.05) is 37.2 Å². The van der Waals surface area contributed by atoms with Crippen molar-refractivity contribution in [1.82, 2.24) is 5.32 Å². The van der Waals surface area contributed by atoms with Crippen LogP contribution in [0.4, 0.5) is 10.5 Å². The molecule has 1 aliphatic carbocycles. The van der Waals surface area contributed by atoms with Gasteiger partial charge in [-0.15, -0.1) is 0 Å². The molecule has 6 nitrogen and oxygen atoms in total. The average Bonchev–Trinajstić information content (AvgIpc) is 3.12. The summed E-state index contributed by atoms with van der Waals surface area (Å²) in [6.07, 6.45) is 0.917. The Morgan fingerprint density at radius 2 is 2.00 bits per heavy atom. The van der Waals surface area contributed by atoms with Crippen LogP contribution in [0.25, 0.3) is 0 Å². The highest BCUT2D eigenvalue weighted by Crippen LogP contribution is 2.45. The fraction of sp³-hybridized carbons (Fsp3) is 0.471. The lowest BCUT2D eigenvalue weighted by molar-refractivity contribution is -0.122. The molecule has 120 valence electrons. The van der Waals surface area contributed by atoms with E-state index in [0.29, 0.717) is 18.5 Å². The van der Waals surface area contributed by atoms with Gasteiger partial charge in [0.25, 0.3) is 5.91 Å². The number of carbonyl (C=O) groups excluding carboxylic acids is 2. The summed E-state index contributed by atoms with van der Waals surface area (Å²) in [5.74, 6) is 0.197. The third-order valence-electron chi connectivity index (χ3n) is 5.01. The quantitative estimate of drug-likeness (QED) is 0.852. The summed E-state index contributed by atoms with van der Waals surface area (Å²) >= 11 is 0. The summed E-state index contributed by atoms with van der Waals surface area (Å²) in [4.78, 5) is 32.2. The van der Waals surface area contributed by atoms with Crippen LogP contribution < -0.4 is 10.2 Å². The van der Waals surface area contributed by atoms with E-state index >= 15 is 0 Å². The number of hydrogen-bond donors (Lipinski definition) is 1. The van der Waals surface area contributed by atoms with E-state index in [4.69, 9.17) is 4.84 Å². The van der Waals surface area contributed by atoms with Crippen LogP contribution >= 0.6 is 0 Å². The standard InChI is InChI=1S/C17H19N3O3/c1-10(2)14-12-8-17(9-13(12)23-19-14)15(21)20(16(22)18-17)11-6-4-3-5-7-11/h3-7,10,12-13H,8-9H2,1-2H3,(H,18,22)/t12-,13+,17+/m1/s1. The lowest BCUT2D eigenvalue weighted by Gasteiger charge is -2.21. The molecule has 1 N–H and O–H groups in total. The molecule has 0 unspecified atom stereocenters. The van der Waals surface area contributed by atoms with Crippen LogP contribution in [0, 0.1) is 11.8 Å². The highest BCUT2D eigenvalue weighted by molar-refractivity contribution is 6.23. The van der Waals surface area contributed by atoms with Gasteiger partial charge in [0.2, 0.25) is 0 Å². The molecule has 4 rings (SSSR count). The van der Waals surface area contributed by atoms with Crippen molar-refractivity contribution in [3.05, 3.63) is 30.3 Å². The first kappa shape index (κ1) is 14.2. The Hall–Kier alpha value is -2.37. The molecule has 1 spiro atoms. The van der Waals surface area contributed by atoms with Crippen LogP contribution in [0.3, 0.4) is 0 Å². The first-order valence-corrected chi connectivity index (χ1v) is 7.97. The third-order valence-corrected chi connectivity index (χ3v) is 5.01. The number of nitrogens with zero attached hydrogens (tertiary/aromatic N) is 2. The van der Waals surface area contributed by atoms with Crippen molar-refractivity contribution in [3.63, 3.8) is 0 Å². The molecule has 1 aromatic carbocycles. The topological polar surface area (TPSA) is 71.0 Å². The molecule has 0 radical (unpaired) electrons. The van der Waals surface area contributed by atoms with Crippen molar-refractivity contribution in [2.45, 2.75) is 38.3 Å². The molecule has 2 aliphatic heterocycles. The molecular weight excluding hydrogens is 294 g/mol. The minimum absolute atomic E-state index is 0.106. The number of carbonyl (C=O) groups is 2. The van der Waals surface area contributed by atoms with Gasteiger partial charge in [-0.2, -0.15) is 0 Å². The van der Waals surface area contributed by atoms with E-state index in [1.165, 1.54) is 4.90 Å². The van der Waals surface area contributed by atoms with E-state index in [9.17, 15) is 9.59 Å².